The summed E-state index contributed by atoms with van der Waals surface area (Å²) in [5.74, 6) is 0.880. The highest BCUT2D eigenvalue weighted by Crippen LogP contribution is 2.25. The molecular weight excluding hydrogens is 162 g/mol. The summed E-state index contributed by atoms with van der Waals surface area (Å²) in [4.78, 5) is 0. The molecule has 1 aliphatic heterocycles. The Labute approximate surface area is 71.3 Å². The van der Waals surface area contributed by atoms with E-state index in [2.05, 4.69) is 5.32 Å². The van der Waals surface area contributed by atoms with Gasteiger partial charge in [-0.25, -0.2) is 0 Å². The second kappa shape index (κ2) is 3.30. The van der Waals surface area contributed by atoms with Crippen molar-refractivity contribution in [3.63, 3.8) is 0 Å². The maximum absolute atomic E-state index is 5.18. The normalized spacial score (nSPS) is 12.0. The van der Waals surface area contributed by atoms with Gasteiger partial charge in [0.05, 0.1) is 5.69 Å². The molecule has 1 aromatic carbocycles. The zero-order chi connectivity index (χ0) is 6.81. The number of hydrogen-bond donors (Lipinski definition) is 1. The quantitative estimate of drug-likeness (QED) is 0.644. The summed E-state index contributed by atoms with van der Waals surface area (Å²) in [5, 5.41) is 3.06. The van der Waals surface area contributed by atoms with Gasteiger partial charge in [-0.3, -0.25) is 0 Å². The first-order valence-electron chi connectivity index (χ1n) is 3.14. The van der Waals surface area contributed by atoms with Crippen LogP contribution in [0.4, 0.5) is 5.69 Å². The second-order valence-corrected chi connectivity index (χ2v) is 2.06. The standard InChI is InChI=1S/C8H7NO.ClH/c1-2-4-8-7(3-1)9-5-6-10-8;/h1-6,9H;1H. The van der Waals surface area contributed by atoms with Crippen LogP contribution in [-0.4, -0.2) is 0 Å². The molecular formula is C8H8ClNO. The number of hydrogen-bond acceptors (Lipinski definition) is 2. The van der Waals surface area contributed by atoms with E-state index in [0.717, 1.165) is 11.4 Å². The lowest BCUT2D eigenvalue weighted by Gasteiger charge is -2.11. The molecule has 0 unspecified atom stereocenters. The number of halogens is 1. The Morgan fingerprint density at radius 2 is 2.00 bits per heavy atom. The van der Waals surface area contributed by atoms with Crippen LogP contribution in [0.2, 0.25) is 0 Å². The first kappa shape index (κ1) is 7.95. The van der Waals surface area contributed by atoms with Crippen LogP contribution in [0.1, 0.15) is 0 Å². The fourth-order valence-electron chi connectivity index (χ4n) is 0.920. The Hall–Kier alpha value is -1.15. The Morgan fingerprint density at radius 3 is 2.82 bits per heavy atom. The first-order chi connectivity index (χ1) is 4.97. The van der Waals surface area contributed by atoms with Gasteiger partial charge in [0.15, 0.2) is 0 Å². The van der Waals surface area contributed by atoms with Gasteiger partial charge in [0.2, 0.25) is 0 Å². The van der Waals surface area contributed by atoms with E-state index < -0.39 is 0 Å². The van der Waals surface area contributed by atoms with Gasteiger partial charge in [-0.2, -0.15) is 0 Å². The van der Waals surface area contributed by atoms with Crippen LogP contribution in [0, 0.1) is 0 Å². The molecule has 1 heterocycles. The molecule has 58 valence electrons. The van der Waals surface area contributed by atoms with Crippen LogP contribution in [-0.2, 0) is 0 Å². The molecule has 3 heteroatoms. The average molecular weight is 170 g/mol. The summed E-state index contributed by atoms with van der Waals surface area (Å²) in [5.41, 5.74) is 1.02. The summed E-state index contributed by atoms with van der Waals surface area (Å²) in [7, 11) is 0. The van der Waals surface area contributed by atoms with Crippen LogP contribution < -0.4 is 10.1 Å². The fourth-order valence-corrected chi connectivity index (χ4v) is 0.920. The summed E-state index contributed by atoms with van der Waals surface area (Å²) >= 11 is 0. The zero-order valence-electron chi connectivity index (χ0n) is 5.78. The van der Waals surface area contributed by atoms with E-state index in [1.807, 2.05) is 24.3 Å². The molecule has 1 aliphatic rings. The third-order valence-electron chi connectivity index (χ3n) is 1.39. The van der Waals surface area contributed by atoms with Crippen molar-refractivity contribution in [2.24, 2.45) is 0 Å². The average Bonchev–Trinajstić information content (AvgIpc) is 2.05. The lowest BCUT2D eigenvalue weighted by Crippen LogP contribution is -1.97. The molecule has 0 radical (unpaired) electrons. The van der Waals surface area contributed by atoms with Crippen LogP contribution in [0.5, 0.6) is 5.75 Å². The number of nitrogens with one attached hydrogen (secondary N) is 1. The van der Waals surface area contributed by atoms with Crippen LogP contribution in [0.15, 0.2) is 36.7 Å². The minimum atomic E-state index is 0. The molecule has 0 saturated carbocycles. The van der Waals surface area contributed by atoms with Gasteiger partial charge in [0, 0.05) is 6.20 Å². The van der Waals surface area contributed by atoms with Gasteiger partial charge < -0.3 is 10.1 Å². The molecule has 0 fully saturated rings. The Morgan fingerprint density at radius 1 is 1.18 bits per heavy atom. The van der Waals surface area contributed by atoms with Crippen molar-refractivity contribution in [1.82, 2.24) is 0 Å². The molecule has 1 N–H and O–H groups in total. The molecule has 2 nitrogen and oxygen atoms in total. The third kappa shape index (κ3) is 1.46. The predicted octanol–water partition coefficient (Wildman–Crippen LogP) is 2.38. The van der Waals surface area contributed by atoms with E-state index in [1.165, 1.54) is 0 Å². The van der Waals surface area contributed by atoms with Crippen molar-refractivity contribution in [2.75, 3.05) is 5.32 Å². The molecule has 0 aliphatic carbocycles. The lowest BCUT2D eigenvalue weighted by atomic mass is 10.3. The van der Waals surface area contributed by atoms with E-state index in [9.17, 15) is 0 Å². The van der Waals surface area contributed by atoms with E-state index in [4.69, 9.17) is 4.74 Å². The topological polar surface area (TPSA) is 21.3 Å². The van der Waals surface area contributed by atoms with Gasteiger partial charge in [0.25, 0.3) is 0 Å². The van der Waals surface area contributed by atoms with Gasteiger partial charge in [-0.1, -0.05) is 12.1 Å². The van der Waals surface area contributed by atoms with Crippen molar-refractivity contribution in [3.8, 4) is 5.75 Å². The predicted molar refractivity (Wildman–Crippen MR) is 47.1 cm³/mol. The van der Waals surface area contributed by atoms with E-state index in [0.29, 0.717) is 0 Å². The number of anilines is 1. The molecule has 11 heavy (non-hydrogen) atoms. The van der Waals surface area contributed by atoms with Gasteiger partial charge in [-0.05, 0) is 12.1 Å². The van der Waals surface area contributed by atoms with Gasteiger partial charge >= 0.3 is 0 Å². The smallest absolute Gasteiger partial charge is 0.150 e. The molecule has 0 aromatic heterocycles. The summed E-state index contributed by atoms with van der Waals surface area (Å²) in [6, 6.07) is 7.80. The van der Waals surface area contributed by atoms with Crippen LogP contribution in [0.25, 0.3) is 0 Å². The zero-order valence-corrected chi connectivity index (χ0v) is 6.60. The van der Waals surface area contributed by atoms with E-state index in [-0.39, 0.29) is 12.4 Å². The fraction of sp³-hybridized carbons (Fsp3) is 0. The largest absolute Gasteiger partial charge is 0.461 e. The van der Waals surface area contributed by atoms with Gasteiger partial charge in [-0.15, -0.1) is 12.4 Å². The summed E-state index contributed by atoms with van der Waals surface area (Å²) in [6.45, 7) is 0. The summed E-state index contributed by atoms with van der Waals surface area (Å²) in [6.07, 6.45) is 3.39. The Bertz CT molecular complexity index is 246. The van der Waals surface area contributed by atoms with Crippen molar-refractivity contribution >= 4 is 18.1 Å². The molecule has 0 bridgehead atoms. The number of fused-ring (bicyclic) bond motifs is 1. The minimum absolute atomic E-state index is 0. The van der Waals surface area contributed by atoms with Crippen molar-refractivity contribution < 1.29 is 4.74 Å². The number of ether oxygens (including phenoxy) is 1. The Balaban J connectivity index is 0.000000605. The number of rotatable bonds is 0. The molecule has 0 spiro atoms. The first-order valence-corrected chi connectivity index (χ1v) is 3.14. The van der Waals surface area contributed by atoms with Crippen LogP contribution in [0.3, 0.4) is 0 Å². The SMILES string of the molecule is C1=COc2ccccc2N1.Cl. The maximum Gasteiger partial charge on any atom is 0.150 e. The summed E-state index contributed by atoms with van der Waals surface area (Å²) < 4.78 is 5.18. The Kier molecular flexibility index (Phi) is 2.39. The van der Waals surface area contributed by atoms with Gasteiger partial charge in [0.1, 0.15) is 12.0 Å². The van der Waals surface area contributed by atoms with Crippen molar-refractivity contribution in [1.29, 1.82) is 0 Å². The molecule has 0 saturated heterocycles. The number of benzene rings is 1. The minimum Gasteiger partial charge on any atom is -0.461 e. The third-order valence-corrected chi connectivity index (χ3v) is 1.39. The highest BCUT2D eigenvalue weighted by atomic mass is 35.5. The monoisotopic (exact) mass is 169 g/mol. The lowest BCUT2D eigenvalue weighted by molar-refractivity contribution is 0.477. The molecule has 0 atom stereocenters. The molecule has 1 aromatic rings. The number of para-hydroxylation sites is 2. The maximum atomic E-state index is 5.18. The highest BCUT2D eigenvalue weighted by Gasteiger charge is 2.01. The van der Waals surface area contributed by atoms with Crippen LogP contribution >= 0.6 is 12.4 Å². The second-order valence-electron chi connectivity index (χ2n) is 2.06. The van der Waals surface area contributed by atoms with E-state index >= 15 is 0 Å². The van der Waals surface area contributed by atoms with Crippen molar-refractivity contribution in [3.05, 3.63) is 36.7 Å². The molecule has 0 amide bonds. The highest BCUT2D eigenvalue weighted by molar-refractivity contribution is 5.85. The van der Waals surface area contributed by atoms with Crippen molar-refractivity contribution in [2.45, 2.75) is 0 Å². The molecule has 2 rings (SSSR count). The van der Waals surface area contributed by atoms with E-state index in [1.54, 1.807) is 12.5 Å².